The van der Waals surface area contributed by atoms with Crippen LogP contribution in [0.15, 0.2) is 24.8 Å². The molecule has 0 saturated heterocycles. The van der Waals surface area contributed by atoms with E-state index >= 15 is 0 Å². The molecule has 0 unspecified atom stereocenters. The van der Waals surface area contributed by atoms with Crippen LogP contribution < -0.4 is 5.73 Å². The highest BCUT2D eigenvalue weighted by Gasteiger charge is 2.11. The van der Waals surface area contributed by atoms with E-state index in [4.69, 9.17) is 5.73 Å². The van der Waals surface area contributed by atoms with Crippen molar-refractivity contribution in [3.8, 4) is 5.82 Å². The fraction of sp³-hybridized carbons (Fsp3) is 0.111. The second kappa shape index (κ2) is 3.97. The molecule has 0 radical (unpaired) electrons. The largest absolute Gasteiger partial charge is 0.464 e. The van der Waals surface area contributed by atoms with Gasteiger partial charge in [-0.1, -0.05) is 0 Å². The van der Waals surface area contributed by atoms with Crippen LogP contribution in [0.1, 0.15) is 10.5 Å². The van der Waals surface area contributed by atoms with Crippen LogP contribution in [0.25, 0.3) is 5.82 Å². The van der Waals surface area contributed by atoms with Crippen molar-refractivity contribution in [1.29, 1.82) is 0 Å². The maximum absolute atomic E-state index is 11.3. The fourth-order valence-electron chi connectivity index (χ4n) is 1.18. The molecular weight excluding hydrogens is 210 g/mol. The van der Waals surface area contributed by atoms with Crippen LogP contribution in [0, 0.1) is 0 Å². The standard InChI is InChI=1S/C9H9N5O2/c1-16-9(15)7-3-2-6(10)8(13-7)14-5-11-4-12-14/h2-5H,10H2,1H3. The Morgan fingerprint density at radius 1 is 1.50 bits per heavy atom. The lowest BCUT2D eigenvalue weighted by Crippen LogP contribution is -2.10. The third-order valence-corrected chi connectivity index (χ3v) is 1.94. The number of aromatic nitrogens is 4. The number of carbonyl (C=O) groups is 1. The molecule has 2 rings (SSSR count). The van der Waals surface area contributed by atoms with Gasteiger partial charge in [-0.15, -0.1) is 0 Å². The summed E-state index contributed by atoms with van der Waals surface area (Å²) in [5.74, 6) is -0.179. The first-order chi connectivity index (χ1) is 7.72. The number of rotatable bonds is 2. The van der Waals surface area contributed by atoms with Gasteiger partial charge in [-0.25, -0.2) is 19.4 Å². The molecule has 82 valence electrons. The van der Waals surface area contributed by atoms with E-state index in [0.717, 1.165) is 0 Å². The Kier molecular flexibility index (Phi) is 2.50. The van der Waals surface area contributed by atoms with Gasteiger partial charge in [0.05, 0.1) is 12.8 Å². The third-order valence-electron chi connectivity index (χ3n) is 1.94. The van der Waals surface area contributed by atoms with Crippen molar-refractivity contribution in [3.63, 3.8) is 0 Å². The Morgan fingerprint density at radius 2 is 2.31 bits per heavy atom. The number of nitrogens with zero attached hydrogens (tertiary/aromatic N) is 4. The van der Waals surface area contributed by atoms with E-state index < -0.39 is 5.97 Å². The van der Waals surface area contributed by atoms with Crippen molar-refractivity contribution < 1.29 is 9.53 Å². The second-order valence-electron chi connectivity index (χ2n) is 2.94. The molecule has 0 amide bonds. The van der Waals surface area contributed by atoms with Crippen LogP contribution in [0.3, 0.4) is 0 Å². The molecule has 0 saturated carbocycles. The highest BCUT2D eigenvalue weighted by molar-refractivity contribution is 5.87. The quantitative estimate of drug-likeness (QED) is 0.716. The third kappa shape index (κ3) is 1.70. The fourth-order valence-corrected chi connectivity index (χ4v) is 1.18. The smallest absolute Gasteiger partial charge is 0.356 e. The summed E-state index contributed by atoms with van der Waals surface area (Å²) in [6.07, 6.45) is 2.80. The molecule has 0 aliphatic carbocycles. The SMILES string of the molecule is COC(=O)c1ccc(N)c(-n2cncn2)n1. The molecule has 2 aromatic rings. The van der Waals surface area contributed by atoms with E-state index in [2.05, 4.69) is 19.8 Å². The minimum atomic E-state index is -0.527. The lowest BCUT2D eigenvalue weighted by Gasteiger charge is -2.05. The first-order valence-electron chi connectivity index (χ1n) is 4.42. The summed E-state index contributed by atoms with van der Waals surface area (Å²) >= 11 is 0. The number of esters is 1. The number of hydrogen-bond donors (Lipinski definition) is 1. The zero-order valence-corrected chi connectivity index (χ0v) is 8.49. The molecule has 2 aromatic heterocycles. The van der Waals surface area contributed by atoms with Gasteiger partial charge < -0.3 is 10.5 Å². The van der Waals surface area contributed by atoms with E-state index in [1.54, 1.807) is 6.07 Å². The number of ether oxygens (including phenoxy) is 1. The normalized spacial score (nSPS) is 10.1. The van der Waals surface area contributed by atoms with Gasteiger partial charge in [0.15, 0.2) is 11.5 Å². The lowest BCUT2D eigenvalue weighted by molar-refractivity contribution is 0.0594. The van der Waals surface area contributed by atoms with E-state index in [-0.39, 0.29) is 5.69 Å². The number of nitrogen functional groups attached to an aromatic ring is 1. The van der Waals surface area contributed by atoms with Crippen molar-refractivity contribution in [2.24, 2.45) is 0 Å². The molecule has 0 spiro atoms. The predicted molar refractivity (Wildman–Crippen MR) is 54.9 cm³/mol. The number of anilines is 1. The van der Waals surface area contributed by atoms with Crippen molar-refractivity contribution >= 4 is 11.7 Å². The molecule has 0 fully saturated rings. The van der Waals surface area contributed by atoms with Crippen molar-refractivity contribution in [2.75, 3.05) is 12.8 Å². The maximum atomic E-state index is 11.3. The van der Waals surface area contributed by atoms with Crippen LogP contribution in [0.5, 0.6) is 0 Å². The molecule has 0 aliphatic rings. The molecular formula is C9H9N5O2. The number of methoxy groups -OCH3 is 1. The first kappa shape index (κ1) is 10.1. The number of hydrogen-bond acceptors (Lipinski definition) is 6. The van der Waals surface area contributed by atoms with Gasteiger partial charge in [0.2, 0.25) is 0 Å². The molecule has 0 bridgehead atoms. The van der Waals surface area contributed by atoms with E-state index in [1.165, 1.54) is 30.5 Å². The summed E-state index contributed by atoms with van der Waals surface area (Å²) in [5, 5.41) is 3.88. The predicted octanol–water partition coefficient (Wildman–Crippen LogP) is 0.0311. The Balaban J connectivity index is 2.49. The van der Waals surface area contributed by atoms with Gasteiger partial charge >= 0.3 is 5.97 Å². The number of carbonyl (C=O) groups excluding carboxylic acids is 1. The molecule has 7 nitrogen and oxygen atoms in total. The Hall–Kier alpha value is -2.44. The molecule has 0 atom stereocenters. The minimum Gasteiger partial charge on any atom is -0.464 e. The van der Waals surface area contributed by atoms with Crippen LogP contribution in [0.4, 0.5) is 5.69 Å². The summed E-state index contributed by atoms with van der Waals surface area (Å²) in [5.41, 5.74) is 6.29. The molecule has 16 heavy (non-hydrogen) atoms. The van der Waals surface area contributed by atoms with E-state index in [1.807, 2.05) is 0 Å². The van der Waals surface area contributed by atoms with Gasteiger partial charge in [-0.3, -0.25) is 0 Å². The summed E-state index contributed by atoms with van der Waals surface area (Å²) in [7, 11) is 1.29. The molecule has 0 aromatic carbocycles. The van der Waals surface area contributed by atoms with Crippen molar-refractivity contribution in [1.82, 2.24) is 19.7 Å². The average molecular weight is 219 g/mol. The topological polar surface area (TPSA) is 95.9 Å². The minimum absolute atomic E-state index is 0.169. The van der Waals surface area contributed by atoms with Crippen LogP contribution in [-0.2, 0) is 4.74 Å². The summed E-state index contributed by atoms with van der Waals surface area (Å²) < 4.78 is 5.94. The summed E-state index contributed by atoms with van der Waals surface area (Å²) in [6.45, 7) is 0. The van der Waals surface area contributed by atoms with Crippen molar-refractivity contribution in [3.05, 3.63) is 30.5 Å². The van der Waals surface area contributed by atoms with Gasteiger partial charge in [-0.2, -0.15) is 5.10 Å². The molecule has 2 N–H and O–H groups in total. The van der Waals surface area contributed by atoms with Crippen LogP contribution >= 0.6 is 0 Å². The highest BCUT2D eigenvalue weighted by atomic mass is 16.5. The lowest BCUT2D eigenvalue weighted by atomic mass is 10.3. The first-order valence-corrected chi connectivity index (χ1v) is 4.42. The van der Waals surface area contributed by atoms with Crippen LogP contribution in [0.2, 0.25) is 0 Å². The summed E-state index contributed by atoms with van der Waals surface area (Å²) in [4.78, 5) is 19.1. The number of nitrogens with two attached hydrogens (primary N) is 1. The number of pyridine rings is 1. The Morgan fingerprint density at radius 3 is 2.94 bits per heavy atom. The Labute approximate surface area is 90.9 Å². The van der Waals surface area contributed by atoms with Gasteiger partial charge in [-0.05, 0) is 12.1 Å². The zero-order chi connectivity index (χ0) is 11.5. The zero-order valence-electron chi connectivity index (χ0n) is 8.49. The van der Waals surface area contributed by atoms with Gasteiger partial charge in [0, 0.05) is 0 Å². The molecule has 0 aliphatic heterocycles. The highest BCUT2D eigenvalue weighted by Crippen LogP contribution is 2.13. The second-order valence-corrected chi connectivity index (χ2v) is 2.94. The monoisotopic (exact) mass is 219 g/mol. The van der Waals surface area contributed by atoms with E-state index in [9.17, 15) is 4.79 Å². The molecule has 2 heterocycles. The van der Waals surface area contributed by atoms with Gasteiger partial charge in [0.25, 0.3) is 0 Å². The summed E-state index contributed by atoms with van der Waals surface area (Å²) in [6, 6.07) is 3.05. The van der Waals surface area contributed by atoms with Gasteiger partial charge in [0.1, 0.15) is 12.7 Å². The van der Waals surface area contributed by atoms with E-state index in [0.29, 0.717) is 11.5 Å². The maximum Gasteiger partial charge on any atom is 0.356 e. The Bertz CT molecular complexity index is 509. The average Bonchev–Trinajstić information content (AvgIpc) is 2.82. The van der Waals surface area contributed by atoms with Crippen LogP contribution in [-0.4, -0.2) is 32.8 Å². The van der Waals surface area contributed by atoms with Crippen molar-refractivity contribution in [2.45, 2.75) is 0 Å². The molecule has 7 heteroatoms.